The van der Waals surface area contributed by atoms with Gasteiger partial charge in [-0.1, -0.05) is 88.7 Å². The lowest BCUT2D eigenvalue weighted by atomic mass is 9.90. The maximum Gasteiger partial charge on any atom is 0.240 e. The third kappa shape index (κ3) is 5.08. The van der Waals surface area contributed by atoms with Gasteiger partial charge in [0, 0.05) is 10.9 Å². The van der Waals surface area contributed by atoms with E-state index in [0.29, 0.717) is 6.42 Å². The van der Waals surface area contributed by atoms with Crippen molar-refractivity contribution in [2.75, 3.05) is 0 Å². The molecule has 0 aliphatic heterocycles. The van der Waals surface area contributed by atoms with Crippen LogP contribution >= 0.6 is 15.9 Å². The molecule has 0 radical (unpaired) electrons. The Morgan fingerprint density at radius 3 is 1.79 bits per heavy atom. The molecule has 0 bridgehead atoms. The largest absolute Gasteiger partial charge is 0.368 e. The number of nitrogens with one attached hydrogen (secondary N) is 1. The maximum absolute atomic E-state index is 13.2. The Morgan fingerprint density at radius 2 is 1.32 bits per heavy atom. The highest BCUT2D eigenvalue weighted by Crippen LogP contribution is 2.25. The summed E-state index contributed by atoms with van der Waals surface area (Å²) in [7, 11) is 0. The summed E-state index contributed by atoms with van der Waals surface area (Å²) in [6, 6.07) is 25.8. The number of benzene rings is 3. The van der Waals surface area contributed by atoms with Crippen LogP contribution in [0.5, 0.6) is 0 Å². The molecule has 0 unspecified atom stereocenters. The van der Waals surface area contributed by atoms with E-state index >= 15 is 0 Å². The van der Waals surface area contributed by atoms with E-state index in [1.807, 2.05) is 84.9 Å². The maximum atomic E-state index is 13.2. The summed E-state index contributed by atoms with van der Waals surface area (Å²) < 4.78 is 0.948. The highest BCUT2D eigenvalue weighted by atomic mass is 79.9. The highest BCUT2D eigenvalue weighted by molar-refractivity contribution is 9.10. The van der Waals surface area contributed by atoms with Crippen LogP contribution in [0.3, 0.4) is 0 Å². The van der Waals surface area contributed by atoms with Gasteiger partial charge in [0.25, 0.3) is 0 Å². The molecular weight excluding hydrogens is 416 g/mol. The highest BCUT2D eigenvalue weighted by Gasteiger charge is 2.27. The zero-order valence-corrected chi connectivity index (χ0v) is 16.8. The fourth-order valence-corrected chi connectivity index (χ4v) is 3.38. The first-order valence-electron chi connectivity index (χ1n) is 8.98. The third-order valence-corrected chi connectivity index (χ3v) is 5.07. The van der Waals surface area contributed by atoms with Gasteiger partial charge in [0.15, 0.2) is 0 Å². The monoisotopic (exact) mass is 436 g/mol. The molecule has 0 heterocycles. The van der Waals surface area contributed by atoms with Gasteiger partial charge < -0.3 is 11.1 Å². The van der Waals surface area contributed by atoms with Gasteiger partial charge in [-0.15, -0.1) is 0 Å². The molecule has 3 aromatic carbocycles. The van der Waals surface area contributed by atoms with E-state index in [-0.39, 0.29) is 5.91 Å². The summed E-state index contributed by atoms with van der Waals surface area (Å²) in [5, 5.41) is 2.85. The number of hydrogen-bond donors (Lipinski definition) is 2. The molecule has 3 aromatic rings. The number of hydrogen-bond acceptors (Lipinski definition) is 2. The summed E-state index contributed by atoms with van der Waals surface area (Å²) in [5.74, 6) is -1.33. The first kappa shape index (κ1) is 19.8. The molecule has 142 valence electrons. The topological polar surface area (TPSA) is 72.2 Å². The molecular formula is C23H21BrN2O2. The third-order valence-electron chi connectivity index (χ3n) is 4.54. The predicted octanol–water partition coefficient (Wildman–Crippen LogP) is 3.79. The molecule has 5 heteroatoms. The Morgan fingerprint density at radius 1 is 0.821 bits per heavy atom. The quantitative estimate of drug-likeness (QED) is 0.591. The zero-order chi connectivity index (χ0) is 19.9. The number of carbonyl (C=O) groups is 2. The number of primary amides is 1. The van der Waals surface area contributed by atoms with Gasteiger partial charge in [0.1, 0.15) is 6.04 Å². The van der Waals surface area contributed by atoms with E-state index in [9.17, 15) is 9.59 Å². The summed E-state index contributed by atoms with van der Waals surface area (Å²) in [4.78, 5) is 25.2. The zero-order valence-electron chi connectivity index (χ0n) is 15.2. The van der Waals surface area contributed by atoms with Gasteiger partial charge in [-0.2, -0.15) is 0 Å². The van der Waals surface area contributed by atoms with Gasteiger partial charge in [0.05, 0.1) is 5.92 Å². The van der Waals surface area contributed by atoms with Crippen molar-refractivity contribution < 1.29 is 9.59 Å². The summed E-state index contributed by atoms with van der Waals surface area (Å²) >= 11 is 3.39. The summed E-state index contributed by atoms with van der Waals surface area (Å²) in [5.41, 5.74) is 8.22. The molecule has 0 fully saturated rings. The SMILES string of the molecule is NC(=O)[C@@H](Cc1ccc(Br)cc1)NC(=O)C(c1ccccc1)c1ccccc1. The standard InChI is InChI=1S/C23H21BrN2O2/c24-19-13-11-16(12-14-19)15-20(22(25)27)26-23(28)21(17-7-3-1-4-8-17)18-9-5-2-6-10-18/h1-14,20-21H,15H2,(H2,25,27)(H,26,28)/t20-/m1/s1. The van der Waals surface area contributed by atoms with Gasteiger partial charge in [0.2, 0.25) is 11.8 Å². The van der Waals surface area contributed by atoms with Crippen molar-refractivity contribution in [2.24, 2.45) is 5.73 Å². The Kier molecular flexibility index (Phi) is 6.61. The summed E-state index contributed by atoms with van der Waals surface area (Å²) in [6.07, 6.45) is 0.338. The average Bonchev–Trinajstić information content (AvgIpc) is 2.71. The van der Waals surface area contributed by atoms with Gasteiger partial charge in [-0.25, -0.2) is 0 Å². The van der Waals surface area contributed by atoms with Gasteiger partial charge in [-0.05, 0) is 28.8 Å². The van der Waals surface area contributed by atoms with Crippen molar-refractivity contribution in [2.45, 2.75) is 18.4 Å². The van der Waals surface area contributed by atoms with Crippen molar-refractivity contribution in [1.82, 2.24) is 5.32 Å². The number of carbonyl (C=O) groups excluding carboxylic acids is 2. The molecule has 3 rings (SSSR count). The molecule has 0 spiro atoms. The lowest BCUT2D eigenvalue weighted by Gasteiger charge is -2.22. The van der Waals surface area contributed by atoms with Crippen LogP contribution in [0.15, 0.2) is 89.4 Å². The Hall–Kier alpha value is -2.92. The van der Waals surface area contributed by atoms with Crippen LogP contribution in [0.2, 0.25) is 0 Å². The van der Waals surface area contributed by atoms with Gasteiger partial charge >= 0.3 is 0 Å². The Bertz CT molecular complexity index is 888. The van der Waals surface area contributed by atoms with E-state index in [1.54, 1.807) is 0 Å². The minimum absolute atomic E-state index is 0.252. The van der Waals surface area contributed by atoms with Crippen LogP contribution in [-0.2, 0) is 16.0 Å². The normalized spacial score (nSPS) is 11.8. The molecule has 0 saturated carbocycles. The summed E-state index contributed by atoms with van der Waals surface area (Å²) in [6.45, 7) is 0. The molecule has 0 aliphatic carbocycles. The van der Waals surface area contributed by atoms with Crippen LogP contribution in [0.4, 0.5) is 0 Å². The van der Waals surface area contributed by atoms with Crippen molar-refractivity contribution in [3.63, 3.8) is 0 Å². The fourth-order valence-electron chi connectivity index (χ4n) is 3.12. The first-order valence-corrected chi connectivity index (χ1v) is 9.78. The van der Waals surface area contributed by atoms with E-state index < -0.39 is 17.9 Å². The molecule has 0 saturated heterocycles. The smallest absolute Gasteiger partial charge is 0.240 e. The van der Waals surface area contributed by atoms with Crippen LogP contribution in [0.25, 0.3) is 0 Å². The molecule has 2 amide bonds. The van der Waals surface area contributed by atoms with Crippen LogP contribution in [-0.4, -0.2) is 17.9 Å². The molecule has 1 atom stereocenters. The van der Waals surface area contributed by atoms with E-state index in [4.69, 9.17) is 5.73 Å². The van der Waals surface area contributed by atoms with Crippen molar-refractivity contribution >= 4 is 27.7 Å². The Balaban J connectivity index is 1.85. The van der Waals surface area contributed by atoms with Crippen LogP contribution in [0.1, 0.15) is 22.6 Å². The fraction of sp³-hybridized carbons (Fsp3) is 0.130. The Labute approximate surface area is 172 Å². The lowest BCUT2D eigenvalue weighted by Crippen LogP contribution is -2.47. The number of rotatable bonds is 7. The van der Waals surface area contributed by atoms with E-state index in [0.717, 1.165) is 21.2 Å². The second-order valence-corrected chi connectivity index (χ2v) is 7.46. The first-order chi connectivity index (χ1) is 13.5. The van der Waals surface area contributed by atoms with Crippen molar-refractivity contribution in [3.05, 3.63) is 106 Å². The van der Waals surface area contributed by atoms with Crippen LogP contribution in [0, 0.1) is 0 Å². The lowest BCUT2D eigenvalue weighted by molar-refractivity contribution is -0.127. The van der Waals surface area contributed by atoms with Crippen molar-refractivity contribution in [1.29, 1.82) is 0 Å². The van der Waals surface area contributed by atoms with E-state index in [1.165, 1.54) is 0 Å². The minimum atomic E-state index is -0.788. The second kappa shape index (κ2) is 9.33. The number of halogens is 1. The molecule has 0 aliphatic rings. The second-order valence-electron chi connectivity index (χ2n) is 6.55. The van der Waals surface area contributed by atoms with Crippen molar-refractivity contribution in [3.8, 4) is 0 Å². The predicted molar refractivity (Wildman–Crippen MR) is 114 cm³/mol. The number of nitrogens with two attached hydrogens (primary N) is 1. The van der Waals surface area contributed by atoms with Crippen LogP contribution < -0.4 is 11.1 Å². The molecule has 3 N–H and O–H groups in total. The van der Waals surface area contributed by atoms with Gasteiger partial charge in [-0.3, -0.25) is 9.59 Å². The average molecular weight is 437 g/mol. The molecule has 28 heavy (non-hydrogen) atoms. The minimum Gasteiger partial charge on any atom is -0.368 e. The number of amides is 2. The molecule has 0 aromatic heterocycles. The molecule has 4 nitrogen and oxygen atoms in total. The van der Waals surface area contributed by atoms with E-state index in [2.05, 4.69) is 21.2 Å².